The molecule has 2 aliphatic heterocycles. The van der Waals surface area contributed by atoms with Gasteiger partial charge in [0.05, 0.1) is 0 Å². The Bertz CT molecular complexity index is 782. The Kier molecular flexibility index (Phi) is 23.0. The third kappa shape index (κ3) is 18.8. The van der Waals surface area contributed by atoms with Crippen LogP contribution in [-0.4, -0.2) is 64.1 Å². The molecule has 0 aliphatic carbocycles. The topological polar surface area (TPSA) is 77.1 Å². The Morgan fingerprint density at radius 2 is 1.49 bits per heavy atom. The highest BCUT2D eigenvalue weighted by atomic mass is 16.6. The van der Waals surface area contributed by atoms with Gasteiger partial charge in [0.2, 0.25) is 0 Å². The van der Waals surface area contributed by atoms with Crippen molar-refractivity contribution < 1.29 is 23.8 Å². The second kappa shape index (κ2) is 25.6. The van der Waals surface area contributed by atoms with Crippen molar-refractivity contribution in [3.05, 3.63) is 23.8 Å². The molecule has 1 N–H and O–H groups in total. The molecule has 0 aromatic heterocycles. The van der Waals surface area contributed by atoms with E-state index in [-0.39, 0.29) is 12.1 Å². The quantitative estimate of drug-likeness (QED) is 0.109. The summed E-state index contributed by atoms with van der Waals surface area (Å²) in [6.07, 6.45) is 19.3. The van der Waals surface area contributed by atoms with Crippen LogP contribution in [0, 0.1) is 0 Å². The molecule has 0 bridgehead atoms. The average Bonchev–Trinajstić information content (AvgIpc) is 3.47. The summed E-state index contributed by atoms with van der Waals surface area (Å²) in [4.78, 5) is 24.3. The number of esters is 1. The summed E-state index contributed by atoms with van der Waals surface area (Å²) in [5.74, 6) is 1.34. The molecule has 1 atom stereocenters. The van der Waals surface area contributed by atoms with E-state index in [9.17, 15) is 9.59 Å². The zero-order valence-corrected chi connectivity index (χ0v) is 26.7. The van der Waals surface area contributed by atoms with Crippen molar-refractivity contribution in [2.24, 2.45) is 0 Å². The first-order chi connectivity index (χ1) is 20.0. The summed E-state index contributed by atoms with van der Waals surface area (Å²) in [6, 6.07) is 5.75. The van der Waals surface area contributed by atoms with Gasteiger partial charge in [-0.25, -0.2) is 0 Å². The highest BCUT2D eigenvalue weighted by Crippen LogP contribution is 2.33. The van der Waals surface area contributed by atoms with E-state index in [4.69, 9.17) is 14.2 Å². The highest BCUT2D eigenvalue weighted by Gasteiger charge is 2.20. The van der Waals surface area contributed by atoms with Crippen LogP contribution in [0.4, 0.5) is 0 Å². The summed E-state index contributed by atoms with van der Waals surface area (Å²) >= 11 is 0. The smallest absolute Gasteiger partial charge is 0.306 e. The summed E-state index contributed by atoms with van der Waals surface area (Å²) < 4.78 is 17.0. The summed E-state index contributed by atoms with van der Waals surface area (Å²) in [6.45, 7) is 8.70. The molecule has 1 aromatic carbocycles. The molecule has 236 valence electrons. The second-order valence-electron chi connectivity index (χ2n) is 11.2. The molecule has 2 aliphatic rings. The molecular weight excluding hydrogens is 516 g/mol. The Morgan fingerprint density at radius 1 is 0.902 bits per heavy atom. The van der Waals surface area contributed by atoms with Gasteiger partial charge in [0.1, 0.15) is 25.6 Å². The van der Waals surface area contributed by atoms with Crippen molar-refractivity contribution in [1.29, 1.82) is 0 Å². The van der Waals surface area contributed by atoms with Crippen molar-refractivity contribution >= 4 is 12.3 Å². The second-order valence-corrected chi connectivity index (χ2v) is 11.2. The monoisotopic (exact) mass is 576 g/mol. The van der Waals surface area contributed by atoms with Crippen molar-refractivity contribution in [1.82, 2.24) is 10.2 Å². The van der Waals surface area contributed by atoms with Gasteiger partial charge in [-0.1, -0.05) is 84.1 Å². The van der Waals surface area contributed by atoms with E-state index in [1.54, 1.807) is 0 Å². The van der Waals surface area contributed by atoms with Gasteiger partial charge in [0.25, 0.3) is 0 Å². The lowest BCUT2D eigenvalue weighted by molar-refractivity contribution is -0.149. The standard InChI is InChI=1S/C23H37NO4.C6H12O.C5H11N/c1-3-4-5-6-7-8-9-10-11-12-23(25)28-22(18-24-2)19-13-14-20-21(17-19)27-16-15-26-20;1-2-3-4-5-6-7;1-6-4-2-3-5-6/h13-14,17,22,24H,3-12,15-16,18H2,1-2H3;6H,2-5H2,1H3;2-5H2,1H3. The van der Waals surface area contributed by atoms with Crippen LogP contribution in [-0.2, 0) is 14.3 Å². The third-order valence-corrected chi connectivity index (χ3v) is 7.34. The largest absolute Gasteiger partial charge is 0.486 e. The lowest BCUT2D eigenvalue weighted by Gasteiger charge is -2.22. The van der Waals surface area contributed by atoms with E-state index >= 15 is 0 Å². The number of rotatable bonds is 18. The van der Waals surface area contributed by atoms with Gasteiger partial charge in [-0.3, -0.25) is 4.79 Å². The maximum atomic E-state index is 12.3. The minimum Gasteiger partial charge on any atom is -0.486 e. The molecule has 1 unspecified atom stereocenters. The molecule has 1 saturated heterocycles. The van der Waals surface area contributed by atoms with E-state index in [1.165, 1.54) is 83.7 Å². The molecule has 7 heteroatoms. The van der Waals surface area contributed by atoms with Crippen molar-refractivity contribution in [3.8, 4) is 11.5 Å². The van der Waals surface area contributed by atoms with E-state index in [1.807, 2.05) is 25.2 Å². The number of benzene rings is 1. The average molecular weight is 577 g/mol. The molecule has 2 heterocycles. The molecule has 0 amide bonds. The molecule has 1 aromatic rings. The fourth-order valence-corrected chi connectivity index (χ4v) is 4.82. The number of nitrogens with zero attached hydrogens (tertiary/aromatic N) is 1. The predicted molar refractivity (Wildman–Crippen MR) is 169 cm³/mol. The fraction of sp³-hybridized carbons (Fsp3) is 0.765. The van der Waals surface area contributed by atoms with Gasteiger partial charge in [-0.2, -0.15) is 0 Å². The molecule has 3 rings (SSSR count). The third-order valence-electron chi connectivity index (χ3n) is 7.34. The normalized spacial score (nSPS) is 14.7. The molecule has 0 saturated carbocycles. The first kappa shape index (κ1) is 36.9. The number of fused-ring (bicyclic) bond motifs is 1. The number of ether oxygens (including phenoxy) is 3. The number of likely N-dealkylation sites (tertiary alicyclic amines) is 1. The van der Waals surface area contributed by atoms with Crippen LogP contribution < -0.4 is 14.8 Å². The number of carbonyl (C=O) groups excluding carboxylic acids is 2. The number of unbranched alkanes of at least 4 members (excludes halogenated alkanes) is 11. The minimum absolute atomic E-state index is 0.127. The number of aldehydes is 1. The molecule has 41 heavy (non-hydrogen) atoms. The highest BCUT2D eigenvalue weighted by molar-refractivity contribution is 5.69. The van der Waals surface area contributed by atoms with Crippen molar-refractivity contribution in [3.63, 3.8) is 0 Å². The number of hydrogen-bond donors (Lipinski definition) is 1. The fourth-order valence-electron chi connectivity index (χ4n) is 4.82. The van der Waals surface area contributed by atoms with Crippen LogP contribution in [0.5, 0.6) is 11.5 Å². The maximum Gasteiger partial charge on any atom is 0.306 e. The van der Waals surface area contributed by atoms with E-state index < -0.39 is 0 Å². The van der Waals surface area contributed by atoms with Crippen LogP contribution in [0.15, 0.2) is 18.2 Å². The van der Waals surface area contributed by atoms with Crippen LogP contribution in [0.25, 0.3) is 0 Å². The van der Waals surface area contributed by atoms with Crippen LogP contribution in [0.3, 0.4) is 0 Å². The number of likely N-dealkylation sites (N-methyl/N-ethyl adjacent to an activating group) is 1. The SMILES string of the molecule is CCCCCC=O.CCCCCCCCCCCC(=O)OC(CNC)c1ccc2c(c1)OCCO2.CN1CCCC1. The van der Waals surface area contributed by atoms with Gasteiger partial charge < -0.3 is 29.2 Å². The summed E-state index contributed by atoms with van der Waals surface area (Å²) in [5.41, 5.74) is 0.930. The lowest BCUT2D eigenvalue weighted by atomic mass is 10.1. The molecule has 0 radical (unpaired) electrons. The molecular formula is C34H60N2O5. The predicted octanol–water partition coefficient (Wildman–Crippen LogP) is 7.66. The lowest BCUT2D eigenvalue weighted by Crippen LogP contribution is -2.23. The Morgan fingerprint density at radius 3 is 2.05 bits per heavy atom. The Balaban J connectivity index is 0.000000529. The molecule has 1 fully saturated rings. The summed E-state index contributed by atoms with van der Waals surface area (Å²) in [7, 11) is 4.03. The maximum absolute atomic E-state index is 12.3. The Labute approximate surface area is 251 Å². The first-order valence-electron chi connectivity index (χ1n) is 16.4. The zero-order chi connectivity index (χ0) is 30.0. The van der Waals surface area contributed by atoms with Crippen molar-refractivity contribution in [2.45, 2.75) is 123 Å². The zero-order valence-electron chi connectivity index (χ0n) is 26.7. The summed E-state index contributed by atoms with van der Waals surface area (Å²) in [5, 5.41) is 3.11. The Hall–Kier alpha value is -2.12. The van der Waals surface area contributed by atoms with Gasteiger partial charge in [-0.05, 0) is 70.6 Å². The van der Waals surface area contributed by atoms with Gasteiger partial charge in [0.15, 0.2) is 11.5 Å². The number of hydrogen-bond acceptors (Lipinski definition) is 7. The molecule has 7 nitrogen and oxygen atoms in total. The van der Waals surface area contributed by atoms with Gasteiger partial charge in [0, 0.05) is 19.4 Å². The van der Waals surface area contributed by atoms with E-state index in [2.05, 4.69) is 31.1 Å². The van der Waals surface area contributed by atoms with Crippen LogP contribution >= 0.6 is 0 Å². The first-order valence-corrected chi connectivity index (χ1v) is 16.4. The van der Waals surface area contributed by atoms with Crippen molar-refractivity contribution in [2.75, 3.05) is 46.9 Å². The van der Waals surface area contributed by atoms with E-state index in [0.717, 1.165) is 49.0 Å². The van der Waals surface area contributed by atoms with Gasteiger partial charge in [-0.15, -0.1) is 0 Å². The van der Waals surface area contributed by atoms with E-state index in [0.29, 0.717) is 26.2 Å². The molecule has 0 spiro atoms. The minimum atomic E-state index is -0.313. The number of carbonyl (C=O) groups is 2. The number of nitrogens with one attached hydrogen (secondary N) is 1. The van der Waals surface area contributed by atoms with Crippen LogP contribution in [0.2, 0.25) is 0 Å². The van der Waals surface area contributed by atoms with Crippen LogP contribution in [0.1, 0.15) is 128 Å². The van der Waals surface area contributed by atoms with Gasteiger partial charge >= 0.3 is 5.97 Å².